The van der Waals surface area contributed by atoms with Gasteiger partial charge >= 0.3 is 0 Å². The molecule has 1 N–H and O–H groups in total. The maximum atomic E-state index is 14.9. The number of carbonyl (C=O) groups excluding carboxylic acids is 3. The van der Waals surface area contributed by atoms with Crippen molar-refractivity contribution in [3.8, 4) is 0 Å². The molecule has 1 saturated heterocycles. The molecule has 0 unspecified atom stereocenters. The van der Waals surface area contributed by atoms with Crippen LogP contribution in [0.25, 0.3) is 5.57 Å². The standard InChI is InChI=1S/C36H29N3O5/c1-20-11-14-23(15-12-20)34(41)32-31(33(40)24-7-6-8-25(19-24)39(43)44)36(27-9-4-5-10-28(27)37-35(36)42)30-18-22(3)26-17-21(2)13-16-29(26)38(30)32/h4-19,30-32H,1-3H3,(H,37,42)/t30-,31-,32-,36-/m0/s1. The minimum absolute atomic E-state index is 0.0761. The summed E-state index contributed by atoms with van der Waals surface area (Å²) in [5, 5.41) is 14.7. The monoisotopic (exact) mass is 583 g/mol. The topological polar surface area (TPSA) is 110 Å². The van der Waals surface area contributed by atoms with Gasteiger partial charge in [-0.2, -0.15) is 0 Å². The molecular formula is C36H29N3O5. The number of anilines is 2. The molecule has 0 radical (unpaired) electrons. The van der Waals surface area contributed by atoms with Crippen molar-refractivity contribution in [3.63, 3.8) is 0 Å². The van der Waals surface area contributed by atoms with Gasteiger partial charge in [-0.05, 0) is 50.1 Å². The molecule has 1 fully saturated rings. The molecule has 44 heavy (non-hydrogen) atoms. The molecule has 3 aliphatic rings. The normalized spacial score (nSPS) is 23.0. The molecule has 8 nitrogen and oxygen atoms in total. The van der Waals surface area contributed by atoms with Crippen LogP contribution in [0.3, 0.4) is 0 Å². The fourth-order valence-corrected chi connectivity index (χ4v) is 7.39. The summed E-state index contributed by atoms with van der Waals surface area (Å²) in [6, 6.07) is 24.2. The highest BCUT2D eigenvalue weighted by atomic mass is 16.6. The van der Waals surface area contributed by atoms with Gasteiger partial charge in [0.25, 0.3) is 5.69 Å². The van der Waals surface area contributed by atoms with Crippen LogP contribution >= 0.6 is 0 Å². The Hall–Kier alpha value is -5.37. The molecule has 3 heterocycles. The number of amides is 1. The van der Waals surface area contributed by atoms with E-state index in [9.17, 15) is 24.5 Å². The van der Waals surface area contributed by atoms with Gasteiger partial charge in [0.1, 0.15) is 11.5 Å². The van der Waals surface area contributed by atoms with Crippen LogP contribution in [-0.4, -0.2) is 34.5 Å². The van der Waals surface area contributed by atoms with Crippen molar-refractivity contribution in [1.82, 2.24) is 0 Å². The van der Waals surface area contributed by atoms with E-state index in [1.54, 1.807) is 18.2 Å². The van der Waals surface area contributed by atoms with Gasteiger partial charge in [-0.1, -0.05) is 77.9 Å². The van der Waals surface area contributed by atoms with Crippen LogP contribution in [0, 0.1) is 29.9 Å². The van der Waals surface area contributed by atoms with Crippen LogP contribution in [0.15, 0.2) is 97.1 Å². The van der Waals surface area contributed by atoms with E-state index < -0.39 is 34.1 Å². The Morgan fingerprint density at radius 2 is 1.57 bits per heavy atom. The van der Waals surface area contributed by atoms with Crippen LogP contribution in [0.1, 0.15) is 49.9 Å². The summed E-state index contributed by atoms with van der Waals surface area (Å²) in [5.74, 6) is -2.38. The number of aryl methyl sites for hydroxylation is 2. The molecule has 4 atom stereocenters. The lowest BCUT2D eigenvalue weighted by Gasteiger charge is -2.39. The molecule has 0 aromatic heterocycles. The zero-order chi connectivity index (χ0) is 30.9. The third kappa shape index (κ3) is 3.80. The highest BCUT2D eigenvalue weighted by Crippen LogP contribution is 2.59. The first kappa shape index (κ1) is 27.5. The predicted octanol–water partition coefficient (Wildman–Crippen LogP) is 6.46. The summed E-state index contributed by atoms with van der Waals surface area (Å²) in [4.78, 5) is 57.3. The maximum absolute atomic E-state index is 14.9. The summed E-state index contributed by atoms with van der Waals surface area (Å²) in [5.41, 5.74) is 4.61. The number of Topliss-reactive ketones (excluding diaryl/α,β-unsaturated/α-hetero) is 2. The van der Waals surface area contributed by atoms with Crippen LogP contribution in [0.4, 0.5) is 17.1 Å². The second-order valence-electron chi connectivity index (χ2n) is 11.9. The lowest BCUT2D eigenvalue weighted by Crippen LogP contribution is -2.51. The smallest absolute Gasteiger partial charge is 0.270 e. The fourth-order valence-electron chi connectivity index (χ4n) is 7.39. The number of para-hydroxylation sites is 1. The first-order valence-corrected chi connectivity index (χ1v) is 14.5. The SMILES string of the molecule is CC1=C[C@@H]2N(c3ccc(C)cc31)[C@H](C(=O)c1ccc(C)cc1)[C@@H](C(=O)c1cccc([N+](=O)[O-])c1)[C@@]21C(=O)Nc2ccccc21. The van der Waals surface area contributed by atoms with Crippen molar-refractivity contribution in [2.75, 3.05) is 10.2 Å². The highest BCUT2D eigenvalue weighted by Gasteiger charge is 2.70. The summed E-state index contributed by atoms with van der Waals surface area (Å²) in [6.45, 7) is 5.91. The molecule has 0 saturated carbocycles. The first-order chi connectivity index (χ1) is 21.1. The molecular weight excluding hydrogens is 554 g/mol. The van der Waals surface area contributed by atoms with E-state index in [1.807, 2.05) is 74.2 Å². The third-order valence-corrected chi connectivity index (χ3v) is 9.36. The summed E-state index contributed by atoms with van der Waals surface area (Å²) >= 11 is 0. The van der Waals surface area contributed by atoms with E-state index in [-0.39, 0.29) is 22.9 Å². The first-order valence-electron chi connectivity index (χ1n) is 14.5. The number of rotatable bonds is 5. The lowest BCUT2D eigenvalue weighted by atomic mass is 9.64. The minimum Gasteiger partial charge on any atom is -0.352 e. The van der Waals surface area contributed by atoms with E-state index in [0.717, 1.165) is 28.0 Å². The van der Waals surface area contributed by atoms with Crippen LogP contribution < -0.4 is 10.2 Å². The average Bonchev–Trinajstić information content (AvgIpc) is 3.49. The second-order valence-corrected chi connectivity index (χ2v) is 11.9. The number of non-ortho nitro benzene ring substituents is 1. The lowest BCUT2D eigenvalue weighted by molar-refractivity contribution is -0.384. The van der Waals surface area contributed by atoms with E-state index in [1.165, 1.54) is 24.3 Å². The van der Waals surface area contributed by atoms with Crippen LogP contribution in [0.5, 0.6) is 0 Å². The summed E-state index contributed by atoms with van der Waals surface area (Å²) in [6.07, 6.45) is 2.00. The number of hydrogen-bond donors (Lipinski definition) is 1. The number of nitro groups is 1. The highest BCUT2D eigenvalue weighted by molar-refractivity contribution is 6.18. The van der Waals surface area contributed by atoms with Gasteiger partial charge in [-0.25, -0.2) is 0 Å². The largest absolute Gasteiger partial charge is 0.352 e. The molecule has 0 aliphatic carbocycles. The number of nitro benzene ring substituents is 1. The Kier molecular flexibility index (Phi) is 6.14. The summed E-state index contributed by atoms with van der Waals surface area (Å²) in [7, 11) is 0. The molecule has 8 heteroatoms. The van der Waals surface area contributed by atoms with Gasteiger partial charge in [0.15, 0.2) is 11.6 Å². The number of ketones is 2. The van der Waals surface area contributed by atoms with Crippen molar-refractivity contribution in [2.45, 2.75) is 38.3 Å². The zero-order valence-electron chi connectivity index (χ0n) is 24.4. The number of fused-ring (bicyclic) bond motifs is 6. The second kappa shape index (κ2) is 9.84. The maximum Gasteiger partial charge on any atom is 0.270 e. The molecule has 1 spiro atoms. The fraction of sp³-hybridized carbons (Fsp3) is 0.194. The average molecular weight is 584 g/mol. The summed E-state index contributed by atoms with van der Waals surface area (Å²) < 4.78 is 0. The van der Waals surface area contributed by atoms with Gasteiger partial charge in [-0.15, -0.1) is 0 Å². The van der Waals surface area contributed by atoms with E-state index in [0.29, 0.717) is 16.8 Å². The third-order valence-electron chi connectivity index (χ3n) is 9.36. The van der Waals surface area contributed by atoms with Gasteiger partial charge in [0, 0.05) is 40.2 Å². The number of allylic oxidation sites excluding steroid dienone is 1. The van der Waals surface area contributed by atoms with Crippen LogP contribution in [0.2, 0.25) is 0 Å². The van der Waals surface area contributed by atoms with Crippen LogP contribution in [-0.2, 0) is 10.2 Å². The van der Waals surface area contributed by atoms with E-state index in [2.05, 4.69) is 11.4 Å². The number of nitrogens with zero attached hydrogens (tertiary/aromatic N) is 2. The van der Waals surface area contributed by atoms with Crippen molar-refractivity contribution in [1.29, 1.82) is 0 Å². The van der Waals surface area contributed by atoms with Gasteiger partial charge in [0.2, 0.25) is 5.91 Å². The quantitative estimate of drug-likeness (QED) is 0.164. The number of hydrogen-bond acceptors (Lipinski definition) is 6. The molecule has 1 amide bonds. The molecule has 218 valence electrons. The molecule has 3 aliphatic heterocycles. The Morgan fingerprint density at radius 1 is 0.841 bits per heavy atom. The number of carbonyl (C=O) groups is 3. The molecule has 0 bridgehead atoms. The Bertz CT molecular complexity index is 1950. The number of nitrogens with one attached hydrogen (secondary N) is 1. The Balaban J connectivity index is 1.55. The molecule has 4 aromatic carbocycles. The number of benzene rings is 4. The van der Waals surface area contributed by atoms with Crippen molar-refractivity contribution in [2.24, 2.45) is 5.92 Å². The Morgan fingerprint density at radius 3 is 2.32 bits per heavy atom. The minimum atomic E-state index is -1.49. The molecule has 4 aromatic rings. The predicted molar refractivity (Wildman–Crippen MR) is 168 cm³/mol. The van der Waals surface area contributed by atoms with Crippen molar-refractivity contribution in [3.05, 3.63) is 141 Å². The van der Waals surface area contributed by atoms with E-state index in [4.69, 9.17) is 0 Å². The van der Waals surface area contributed by atoms with E-state index >= 15 is 0 Å². The van der Waals surface area contributed by atoms with Gasteiger partial charge in [-0.3, -0.25) is 24.5 Å². The van der Waals surface area contributed by atoms with Gasteiger partial charge < -0.3 is 10.2 Å². The van der Waals surface area contributed by atoms with Crippen molar-refractivity contribution < 1.29 is 19.3 Å². The van der Waals surface area contributed by atoms with Crippen molar-refractivity contribution >= 4 is 40.1 Å². The zero-order valence-corrected chi connectivity index (χ0v) is 24.4. The van der Waals surface area contributed by atoms with Gasteiger partial charge in [0.05, 0.1) is 16.9 Å². The Labute approximate surface area is 254 Å². The molecule has 7 rings (SSSR count).